The molecule has 1 unspecified atom stereocenters. The van der Waals surface area contributed by atoms with Crippen LogP contribution < -0.4 is 10.6 Å². The number of fused-ring (bicyclic) bond motifs is 1. The first-order valence-corrected chi connectivity index (χ1v) is 11.3. The van der Waals surface area contributed by atoms with Gasteiger partial charge in [0.1, 0.15) is 17.9 Å². The Balaban J connectivity index is 1.16. The fourth-order valence-corrected chi connectivity index (χ4v) is 5.71. The molecule has 4 aliphatic rings. The summed E-state index contributed by atoms with van der Waals surface area (Å²) in [7, 11) is 0. The minimum absolute atomic E-state index is 0.0676. The van der Waals surface area contributed by atoms with Crippen molar-refractivity contribution in [3.05, 3.63) is 64.7 Å². The van der Waals surface area contributed by atoms with Gasteiger partial charge in [-0.05, 0) is 67.9 Å². The molecule has 1 atom stereocenters. The molecule has 176 valence electrons. The summed E-state index contributed by atoms with van der Waals surface area (Å²) >= 11 is 0. The third kappa shape index (κ3) is 3.90. The fourth-order valence-electron chi connectivity index (χ4n) is 5.71. The lowest BCUT2D eigenvalue weighted by molar-refractivity contribution is -0.218. The lowest BCUT2D eigenvalue weighted by Gasteiger charge is -2.72. The Morgan fingerprint density at radius 2 is 1.82 bits per heavy atom. The molecule has 6 rings (SSSR count). The first-order valence-electron chi connectivity index (χ1n) is 11.3. The summed E-state index contributed by atoms with van der Waals surface area (Å²) < 4.78 is 27.4. The lowest BCUT2D eigenvalue weighted by atomic mass is 9.33. The molecule has 0 spiro atoms. The molecule has 3 fully saturated rings. The number of nitrogens with one attached hydrogen (secondary N) is 2. The van der Waals surface area contributed by atoms with E-state index in [0.717, 1.165) is 25.3 Å². The number of anilines is 1. The van der Waals surface area contributed by atoms with E-state index in [1.807, 2.05) is 24.3 Å². The molecule has 8 heteroatoms. The van der Waals surface area contributed by atoms with Crippen molar-refractivity contribution in [2.45, 2.75) is 63.4 Å². The van der Waals surface area contributed by atoms with Crippen molar-refractivity contribution in [3.63, 3.8) is 0 Å². The molecule has 2 aromatic carbocycles. The highest BCUT2D eigenvalue weighted by Crippen LogP contribution is 2.74. The summed E-state index contributed by atoms with van der Waals surface area (Å²) in [5.74, 6) is -1.26. The van der Waals surface area contributed by atoms with E-state index in [0.29, 0.717) is 23.4 Å². The molecule has 1 aliphatic heterocycles. The van der Waals surface area contributed by atoms with E-state index in [2.05, 4.69) is 10.6 Å². The van der Waals surface area contributed by atoms with Crippen LogP contribution in [0.4, 0.5) is 19.3 Å². The number of rotatable bonds is 6. The average molecular weight is 458 g/mol. The Labute approximate surface area is 191 Å². The topological polar surface area (TPSA) is 84.8 Å². The molecule has 2 aromatic rings. The van der Waals surface area contributed by atoms with Crippen LogP contribution in [0.25, 0.3) is 0 Å². The number of halogens is 2. The van der Waals surface area contributed by atoms with Gasteiger partial charge < -0.3 is 20.4 Å². The molecule has 3 saturated carbocycles. The van der Waals surface area contributed by atoms with E-state index in [9.17, 15) is 23.8 Å². The van der Waals surface area contributed by atoms with Crippen LogP contribution in [0.1, 0.15) is 49.8 Å². The SMILES string of the molecule is CC(C)(O)CNC(O)C12CC(c3ccc(NC(=O)N4Cc5cc(F)cc(F)c5C4)cc3)(C1)C2. The van der Waals surface area contributed by atoms with Crippen LogP contribution in [0.3, 0.4) is 0 Å². The van der Waals surface area contributed by atoms with Crippen LogP contribution in [-0.2, 0) is 18.5 Å². The Kier molecular flexibility index (Phi) is 5.04. The van der Waals surface area contributed by atoms with Crippen LogP contribution in [0.15, 0.2) is 36.4 Å². The molecule has 2 bridgehead atoms. The smallest absolute Gasteiger partial charge is 0.322 e. The minimum Gasteiger partial charge on any atom is -0.389 e. The van der Waals surface area contributed by atoms with Gasteiger partial charge in [0.15, 0.2) is 0 Å². The van der Waals surface area contributed by atoms with Gasteiger partial charge >= 0.3 is 6.03 Å². The Bertz CT molecular complexity index is 1080. The van der Waals surface area contributed by atoms with Gasteiger partial charge in [0.25, 0.3) is 0 Å². The number of amides is 2. The lowest BCUT2D eigenvalue weighted by Crippen LogP contribution is -2.72. The number of nitrogens with zero attached hydrogens (tertiary/aromatic N) is 1. The van der Waals surface area contributed by atoms with Crippen molar-refractivity contribution < 1.29 is 23.8 Å². The number of carbonyl (C=O) groups excluding carboxylic acids is 1. The largest absolute Gasteiger partial charge is 0.389 e. The summed E-state index contributed by atoms with van der Waals surface area (Å²) in [6.45, 7) is 4.03. The third-order valence-electron chi connectivity index (χ3n) is 7.38. The Hall–Kier alpha value is -2.55. The van der Waals surface area contributed by atoms with Gasteiger partial charge in [0, 0.05) is 35.8 Å². The number of benzene rings is 2. The number of aliphatic hydroxyl groups excluding tert-OH is 1. The van der Waals surface area contributed by atoms with Gasteiger partial charge in [0.2, 0.25) is 0 Å². The second kappa shape index (κ2) is 7.48. The molecular weight excluding hydrogens is 428 g/mol. The highest BCUT2D eigenvalue weighted by Gasteiger charge is 2.70. The van der Waals surface area contributed by atoms with Gasteiger partial charge in [-0.2, -0.15) is 0 Å². The van der Waals surface area contributed by atoms with Crippen molar-refractivity contribution in [1.82, 2.24) is 10.2 Å². The number of urea groups is 1. The minimum atomic E-state index is -0.870. The summed E-state index contributed by atoms with van der Waals surface area (Å²) in [5.41, 5.74) is 1.75. The van der Waals surface area contributed by atoms with E-state index < -0.39 is 23.5 Å². The zero-order valence-electron chi connectivity index (χ0n) is 18.8. The van der Waals surface area contributed by atoms with Crippen molar-refractivity contribution in [1.29, 1.82) is 0 Å². The zero-order chi connectivity index (χ0) is 23.6. The van der Waals surface area contributed by atoms with Crippen LogP contribution in [0.2, 0.25) is 0 Å². The monoisotopic (exact) mass is 457 g/mol. The van der Waals surface area contributed by atoms with Gasteiger partial charge in [-0.1, -0.05) is 12.1 Å². The van der Waals surface area contributed by atoms with Crippen molar-refractivity contribution in [2.75, 3.05) is 11.9 Å². The maximum absolute atomic E-state index is 14.0. The average Bonchev–Trinajstić information content (AvgIpc) is 3.10. The molecule has 4 N–H and O–H groups in total. The van der Waals surface area contributed by atoms with Gasteiger partial charge in [-0.15, -0.1) is 0 Å². The van der Waals surface area contributed by atoms with E-state index in [1.165, 1.54) is 16.5 Å². The van der Waals surface area contributed by atoms with Crippen LogP contribution in [-0.4, -0.2) is 39.5 Å². The Morgan fingerprint density at radius 1 is 1.15 bits per heavy atom. The summed E-state index contributed by atoms with van der Waals surface area (Å²) in [6.07, 6.45) is 2.03. The zero-order valence-corrected chi connectivity index (χ0v) is 18.8. The van der Waals surface area contributed by atoms with Crippen LogP contribution >= 0.6 is 0 Å². The molecule has 3 aliphatic carbocycles. The third-order valence-corrected chi connectivity index (χ3v) is 7.38. The number of aliphatic hydroxyl groups is 2. The van der Waals surface area contributed by atoms with E-state index in [4.69, 9.17) is 0 Å². The molecular formula is C25H29F2N3O3. The first-order chi connectivity index (χ1) is 15.5. The van der Waals surface area contributed by atoms with Gasteiger partial charge in [0.05, 0.1) is 12.1 Å². The van der Waals surface area contributed by atoms with Gasteiger partial charge in [-0.3, -0.25) is 5.32 Å². The standard InChI is InChI=1S/C25H29F2N3O3/c1-23(2,33)14-28-21(31)25-11-24(12-25,13-25)16-3-5-18(6-4-16)29-22(32)30-9-15-7-17(26)8-20(27)19(15)10-30/h3-8,21,28,31,33H,9-14H2,1-2H3,(H,29,32). The van der Waals surface area contributed by atoms with Crippen LogP contribution in [0.5, 0.6) is 0 Å². The highest BCUT2D eigenvalue weighted by atomic mass is 19.1. The van der Waals surface area contributed by atoms with Crippen LogP contribution in [0, 0.1) is 17.0 Å². The number of hydrogen-bond acceptors (Lipinski definition) is 4. The second-order valence-corrected chi connectivity index (χ2v) is 10.7. The van der Waals surface area contributed by atoms with Crippen molar-refractivity contribution >= 4 is 11.7 Å². The molecule has 0 radical (unpaired) electrons. The maximum Gasteiger partial charge on any atom is 0.322 e. The summed E-state index contributed by atoms with van der Waals surface area (Å²) in [5, 5.41) is 26.3. The predicted octanol–water partition coefficient (Wildman–Crippen LogP) is 3.61. The molecule has 0 aromatic heterocycles. The second-order valence-electron chi connectivity index (χ2n) is 10.7. The molecule has 33 heavy (non-hydrogen) atoms. The predicted molar refractivity (Wildman–Crippen MR) is 119 cm³/mol. The molecule has 2 amide bonds. The molecule has 0 saturated heterocycles. The van der Waals surface area contributed by atoms with E-state index in [-0.39, 0.29) is 30.0 Å². The number of carbonyl (C=O) groups is 1. The summed E-state index contributed by atoms with van der Waals surface area (Å²) in [4.78, 5) is 14.1. The number of hydrogen-bond donors (Lipinski definition) is 4. The quantitative estimate of drug-likeness (QED) is 0.500. The first kappa shape index (κ1) is 22.3. The Morgan fingerprint density at radius 3 is 2.45 bits per heavy atom. The van der Waals surface area contributed by atoms with Crippen molar-refractivity contribution in [2.24, 2.45) is 5.41 Å². The molecule has 6 nitrogen and oxygen atoms in total. The van der Waals surface area contributed by atoms with E-state index in [1.54, 1.807) is 13.8 Å². The summed E-state index contributed by atoms with van der Waals surface area (Å²) in [6, 6.07) is 9.47. The van der Waals surface area contributed by atoms with E-state index >= 15 is 0 Å². The molecule has 1 heterocycles. The fraction of sp³-hybridized carbons (Fsp3) is 0.480. The normalized spacial score (nSPS) is 26.3. The highest BCUT2D eigenvalue weighted by molar-refractivity contribution is 5.89. The van der Waals surface area contributed by atoms with Gasteiger partial charge in [-0.25, -0.2) is 13.6 Å². The van der Waals surface area contributed by atoms with Crippen molar-refractivity contribution in [3.8, 4) is 0 Å². The maximum atomic E-state index is 14.0.